The Morgan fingerprint density at radius 3 is 2.83 bits per heavy atom. The summed E-state index contributed by atoms with van der Waals surface area (Å²) in [5.74, 6) is 0.525. The molecule has 0 aliphatic heterocycles. The van der Waals surface area contributed by atoms with Gasteiger partial charge >= 0.3 is 0 Å². The van der Waals surface area contributed by atoms with Crippen molar-refractivity contribution in [1.29, 1.82) is 0 Å². The van der Waals surface area contributed by atoms with Gasteiger partial charge in [-0.25, -0.2) is 4.98 Å². The van der Waals surface area contributed by atoms with Crippen molar-refractivity contribution in [1.82, 2.24) is 9.97 Å². The van der Waals surface area contributed by atoms with Crippen LogP contribution in [0.1, 0.15) is 12.6 Å². The fourth-order valence-corrected chi connectivity index (χ4v) is 1.49. The predicted molar refractivity (Wildman–Crippen MR) is 56.5 cm³/mol. The number of anilines is 1. The second-order valence-electron chi connectivity index (χ2n) is 2.28. The second kappa shape index (κ2) is 3.88. The summed E-state index contributed by atoms with van der Waals surface area (Å²) in [5.41, 5.74) is 0.760. The van der Waals surface area contributed by atoms with Crippen LogP contribution in [0.3, 0.4) is 0 Å². The highest BCUT2D eigenvalue weighted by Gasteiger charge is 2.05. The lowest BCUT2D eigenvalue weighted by Gasteiger charge is -2.02. The number of hydrogen-bond acceptors (Lipinski definition) is 3. The van der Waals surface area contributed by atoms with Crippen molar-refractivity contribution in [3.05, 3.63) is 19.6 Å². The number of halogens is 1. The molecule has 0 radical (unpaired) electrons. The highest BCUT2D eigenvalue weighted by atomic mass is 127. The van der Waals surface area contributed by atoms with E-state index in [1.807, 2.05) is 29.5 Å². The Balaban J connectivity index is 3.29. The molecule has 0 aromatic carbocycles. The van der Waals surface area contributed by atoms with E-state index >= 15 is 0 Å². The van der Waals surface area contributed by atoms with Gasteiger partial charge in [0.25, 0.3) is 5.56 Å². The van der Waals surface area contributed by atoms with Crippen LogP contribution in [0.15, 0.2) is 4.79 Å². The fourth-order valence-electron chi connectivity index (χ4n) is 0.858. The summed E-state index contributed by atoms with van der Waals surface area (Å²) in [5, 5.41) is 2.80. The van der Waals surface area contributed by atoms with Gasteiger partial charge in [0.1, 0.15) is 0 Å². The normalized spacial score (nSPS) is 9.92. The Labute approximate surface area is 83.9 Å². The molecule has 0 aliphatic carbocycles. The van der Waals surface area contributed by atoms with Crippen LogP contribution in [-0.2, 0) is 6.42 Å². The minimum Gasteiger partial charge on any atom is -0.359 e. The van der Waals surface area contributed by atoms with Crippen LogP contribution in [0, 0.1) is 3.57 Å². The van der Waals surface area contributed by atoms with Gasteiger partial charge in [-0.1, -0.05) is 6.92 Å². The average molecular weight is 279 g/mol. The summed E-state index contributed by atoms with van der Waals surface area (Å²) in [4.78, 5) is 18.0. The standard InChI is InChI=1S/C7H10IN3O/c1-3-4-5(8)6(12)11-7(9-2)10-4/h3H2,1-2H3,(H2,9,10,11,12). The van der Waals surface area contributed by atoms with Gasteiger partial charge in [0.15, 0.2) is 0 Å². The minimum atomic E-state index is -0.0770. The van der Waals surface area contributed by atoms with Gasteiger partial charge in [-0.3, -0.25) is 9.78 Å². The number of aromatic amines is 1. The second-order valence-corrected chi connectivity index (χ2v) is 3.36. The molecular formula is C7H10IN3O. The molecule has 0 bridgehead atoms. The van der Waals surface area contributed by atoms with Gasteiger partial charge in [-0.05, 0) is 29.0 Å². The van der Waals surface area contributed by atoms with Gasteiger partial charge in [-0.15, -0.1) is 0 Å². The zero-order valence-corrected chi connectivity index (χ0v) is 9.10. The highest BCUT2D eigenvalue weighted by molar-refractivity contribution is 14.1. The van der Waals surface area contributed by atoms with Gasteiger partial charge in [-0.2, -0.15) is 0 Å². The number of rotatable bonds is 2. The fraction of sp³-hybridized carbons (Fsp3) is 0.429. The van der Waals surface area contributed by atoms with Crippen LogP contribution >= 0.6 is 22.6 Å². The van der Waals surface area contributed by atoms with Crippen LogP contribution in [-0.4, -0.2) is 17.0 Å². The van der Waals surface area contributed by atoms with Gasteiger partial charge in [0.2, 0.25) is 5.95 Å². The third-order valence-electron chi connectivity index (χ3n) is 1.50. The number of H-pyrrole nitrogens is 1. The highest BCUT2D eigenvalue weighted by Crippen LogP contribution is 2.06. The lowest BCUT2D eigenvalue weighted by Crippen LogP contribution is -2.16. The van der Waals surface area contributed by atoms with Crippen molar-refractivity contribution in [2.45, 2.75) is 13.3 Å². The lowest BCUT2D eigenvalue weighted by molar-refractivity contribution is 0.964. The maximum Gasteiger partial charge on any atom is 0.265 e. The van der Waals surface area contributed by atoms with E-state index in [0.29, 0.717) is 9.52 Å². The summed E-state index contributed by atoms with van der Waals surface area (Å²) in [6.07, 6.45) is 0.775. The predicted octanol–water partition coefficient (Wildman–Crippen LogP) is 0.979. The van der Waals surface area contributed by atoms with Gasteiger partial charge < -0.3 is 5.32 Å². The number of aromatic nitrogens is 2. The molecule has 0 aliphatic rings. The van der Waals surface area contributed by atoms with Gasteiger partial charge in [0, 0.05) is 7.05 Å². The van der Waals surface area contributed by atoms with Crippen LogP contribution < -0.4 is 10.9 Å². The molecule has 1 aromatic rings. The molecule has 2 N–H and O–H groups in total. The average Bonchev–Trinajstić information content (AvgIpc) is 2.09. The van der Waals surface area contributed by atoms with Crippen LogP contribution in [0.2, 0.25) is 0 Å². The largest absolute Gasteiger partial charge is 0.359 e. The molecule has 1 aromatic heterocycles. The molecule has 0 unspecified atom stereocenters. The van der Waals surface area contributed by atoms with E-state index in [9.17, 15) is 4.79 Å². The summed E-state index contributed by atoms with van der Waals surface area (Å²) < 4.78 is 0.675. The molecule has 0 fully saturated rings. The molecule has 12 heavy (non-hydrogen) atoms. The Morgan fingerprint density at radius 1 is 1.67 bits per heavy atom. The third-order valence-corrected chi connectivity index (χ3v) is 2.62. The van der Waals surface area contributed by atoms with Crippen molar-refractivity contribution in [3.63, 3.8) is 0 Å². The molecule has 66 valence electrons. The molecule has 0 saturated heterocycles. The summed E-state index contributed by atoms with van der Waals surface area (Å²) in [7, 11) is 1.73. The van der Waals surface area contributed by atoms with Crippen molar-refractivity contribution >= 4 is 28.5 Å². The first-order valence-electron chi connectivity index (χ1n) is 3.65. The zero-order chi connectivity index (χ0) is 9.14. The first-order valence-corrected chi connectivity index (χ1v) is 4.73. The monoisotopic (exact) mass is 279 g/mol. The summed E-state index contributed by atoms with van der Waals surface area (Å²) >= 11 is 2.00. The zero-order valence-electron chi connectivity index (χ0n) is 6.94. The quantitative estimate of drug-likeness (QED) is 0.793. The van der Waals surface area contributed by atoms with Crippen molar-refractivity contribution in [3.8, 4) is 0 Å². The number of nitrogens with one attached hydrogen (secondary N) is 2. The third kappa shape index (κ3) is 1.77. The molecule has 1 heterocycles. The van der Waals surface area contributed by atoms with Crippen LogP contribution in [0.5, 0.6) is 0 Å². The smallest absolute Gasteiger partial charge is 0.265 e. The van der Waals surface area contributed by atoms with E-state index in [2.05, 4.69) is 15.3 Å². The maximum absolute atomic E-state index is 11.2. The van der Waals surface area contributed by atoms with E-state index in [-0.39, 0.29) is 5.56 Å². The lowest BCUT2D eigenvalue weighted by atomic mass is 10.3. The Bertz CT molecular complexity index is 334. The van der Waals surface area contributed by atoms with Crippen LogP contribution in [0.4, 0.5) is 5.95 Å². The molecule has 0 spiro atoms. The van der Waals surface area contributed by atoms with E-state index in [1.165, 1.54) is 0 Å². The summed E-state index contributed by atoms with van der Waals surface area (Å²) in [6.45, 7) is 1.98. The van der Waals surface area contributed by atoms with E-state index < -0.39 is 0 Å². The molecule has 4 nitrogen and oxygen atoms in total. The van der Waals surface area contributed by atoms with E-state index in [4.69, 9.17) is 0 Å². The molecule has 0 atom stereocenters. The first-order chi connectivity index (χ1) is 5.69. The molecule has 1 rings (SSSR count). The van der Waals surface area contributed by atoms with Crippen molar-refractivity contribution in [2.75, 3.05) is 12.4 Å². The Hall–Kier alpha value is -0.590. The molecule has 0 amide bonds. The molecule has 5 heteroatoms. The number of hydrogen-bond donors (Lipinski definition) is 2. The summed E-state index contributed by atoms with van der Waals surface area (Å²) in [6, 6.07) is 0. The first kappa shape index (κ1) is 9.50. The van der Waals surface area contributed by atoms with Gasteiger partial charge in [0.05, 0.1) is 9.26 Å². The van der Waals surface area contributed by atoms with E-state index in [1.54, 1.807) is 7.05 Å². The number of aryl methyl sites for hydroxylation is 1. The van der Waals surface area contributed by atoms with Crippen LogP contribution in [0.25, 0.3) is 0 Å². The van der Waals surface area contributed by atoms with Crippen molar-refractivity contribution < 1.29 is 0 Å². The van der Waals surface area contributed by atoms with E-state index in [0.717, 1.165) is 12.1 Å². The molecule has 0 saturated carbocycles. The SMILES string of the molecule is CCc1nc(NC)[nH]c(=O)c1I. The minimum absolute atomic E-state index is 0.0770. The Kier molecular flexibility index (Phi) is 3.07. The topological polar surface area (TPSA) is 57.8 Å². The molecular weight excluding hydrogens is 269 g/mol. The van der Waals surface area contributed by atoms with Crippen molar-refractivity contribution in [2.24, 2.45) is 0 Å². The Morgan fingerprint density at radius 2 is 2.33 bits per heavy atom. The maximum atomic E-state index is 11.2. The number of nitrogens with zero attached hydrogens (tertiary/aromatic N) is 1.